The minimum atomic E-state index is -0.460. The Bertz CT molecular complexity index is 666. The number of anilines is 1. The minimum absolute atomic E-state index is 0.419. The Kier molecular flexibility index (Phi) is 6.91. The average Bonchev–Trinajstić information content (AvgIpc) is 3.21. The molecule has 1 aliphatic rings. The third kappa shape index (κ3) is 5.22. The molecular weight excluding hydrogens is 344 g/mol. The van der Waals surface area contributed by atoms with E-state index in [1.54, 1.807) is 11.3 Å². The second-order valence-corrected chi connectivity index (χ2v) is 7.39. The van der Waals surface area contributed by atoms with Crippen LogP contribution in [0.4, 0.5) is 5.00 Å². The number of nitrogens with one attached hydrogen (secondary N) is 1. The Morgan fingerprint density at radius 3 is 2.58 bits per heavy atom. The first-order valence-electron chi connectivity index (χ1n) is 9.30. The number of aliphatic hydroxyl groups excluding tert-OH is 1. The minimum Gasteiger partial charge on any atom is -0.391 e. The zero-order valence-electron chi connectivity index (χ0n) is 15.3. The van der Waals surface area contributed by atoms with Crippen LogP contribution in [0.15, 0.2) is 52.8 Å². The van der Waals surface area contributed by atoms with Gasteiger partial charge < -0.3 is 20.2 Å². The summed E-state index contributed by atoms with van der Waals surface area (Å²) < 4.78 is 0. The van der Waals surface area contributed by atoms with Crippen LogP contribution >= 0.6 is 11.3 Å². The summed E-state index contributed by atoms with van der Waals surface area (Å²) in [4.78, 5) is 9.41. The van der Waals surface area contributed by atoms with Crippen LogP contribution in [0.1, 0.15) is 12.5 Å². The van der Waals surface area contributed by atoms with Crippen molar-refractivity contribution in [3.63, 3.8) is 0 Å². The third-order valence-corrected chi connectivity index (χ3v) is 5.43. The Morgan fingerprint density at radius 1 is 1.15 bits per heavy atom. The Hall–Kier alpha value is -2.05. The first-order chi connectivity index (χ1) is 12.8. The lowest BCUT2D eigenvalue weighted by Crippen LogP contribution is -2.52. The highest BCUT2D eigenvalue weighted by Crippen LogP contribution is 2.22. The summed E-state index contributed by atoms with van der Waals surface area (Å²) in [6.07, 6.45) is 0.175. The maximum atomic E-state index is 10.3. The maximum Gasteiger partial charge on any atom is 0.194 e. The highest BCUT2D eigenvalue weighted by molar-refractivity contribution is 7.14. The van der Waals surface area contributed by atoms with Gasteiger partial charge in [-0.2, -0.15) is 0 Å². The van der Waals surface area contributed by atoms with E-state index in [-0.39, 0.29) is 0 Å². The number of hydrogen-bond acceptors (Lipinski definition) is 4. The fraction of sp³-hybridized carbons (Fsp3) is 0.450. The predicted octanol–water partition coefficient (Wildman–Crippen LogP) is 2.44. The van der Waals surface area contributed by atoms with Crippen LogP contribution in [0.2, 0.25) is 0 Å². The Labute approximate surface area is 160 Å². The van der Waals surface area contributed by atoms with Crippen LogP contribution in [0.25, 0.3) is 0 Å². The number of thiophene rings is 1. The van der Waals surface area contributed by atoms with Gasteiger partial charge in [-0.25, -0.2) is 0 Å². The van der Waals surface area contributed by atoms with Crippen LogP contribution in [-0.4, -0.2) is 61.3 Å². The van der Waals surface area contributed by atoms with E-state index in [0.717, 1.165) is 44.2 Å². The number of benzene rings is 1. The summed E-state index contributed by atoms with van der Waals surface area (Å²) in [6, 6.07) is 14.4. The topological polar surface area (TPSA) is 51.1 Å². The smallest absolute Gasteiger partial charge is 0.194 e. The van der Waals surface area contributed by atoms with Crippen molar-refractivity contribution in [2.24, 2.45) is 4.99 Å². The largest absolute Gasteiger partial charge is 0.391 e. The molecule has 2 aromatic rings. The SMILES string of the molecule is CCNC(=NCC(O)Cc1ccccc1)N1CCN(c2cccs2)CC1. The van der Waals surface area contributed by atoms with Crippen molar-refractivity contribution in [3.8, 4) is 0 Å². The van der Waals surface area contributed by atoms with E-state index in [9.17, 15) is 5.11 Å². The van der Waals surface area contributed by atoms with Gasteiger partial charge in [-0.3, -0.25) is 4.99 Å². The number of aliphatic imine (C=N–C) groups is 1. The second-order valence-electron chi connectivity index (χ2n) is 6.46. The van der Waals surface area contributed by atoms with Gasteiger partial charge >= 0.3 is 0 Å². The van der Waals surface area contributed by atoms with Gasteiger partial charge in [-0.1, -0.05) is 30.3 Å². The van der Waals surface area contributed by atoms with Gasteiger partial charge in [-0.15, -0.1) is 11.3 Å². The molecule has 140 valence electrons. The average molecular weight is 373 g/mol. The third-order valence-electron chi connectivity index (χ3n) is 4.50. The number of aliphatic hydroxyl groups is 1. The van der Waals surface area contributed by atoms with Gasteiger partial charge in [0, 0.05) is 39.1 Å². The molecule has 26 heavy (non-hydrogen) atoms. The van der Waals surface area contributed by atoms with E-state index in [2.05, 4.69) is 44.5 Å². The molecule has 6 heteroatoms. The van der Waals surface area contributed by atoms with E-state index in [1.165, 1.54) is 5.00 Å². The zero-order chi connectivity index (χ0) is 18.2. The molecule has 0 radical (unpaired) electrons. The number of nitrogens with zero attached hydrogens (tertiary/aromatic N) is 3. The van der Waals surface area contributed by atoms with E-state index in [1.807, 2.05) is 30.3 Å². The van der Waals surface area contributed by atoms with Crippen molar-refractivity contribution in [2.75, 3.05) is 44.2 Å². The normalized spacial score (nSPS) is 16.6. The van der Waals surface area contributed by atoms with Crippen molar-refractivity contribution in [1.82, 2.24) is 10.2 Å². The molecule has 1 fully saturated rings. The Balaban J connectivity index is 1.54. The Morgan fingerprint density at radius 2 is 1.92 bits per heavy atom. The fourth-order valence-corrected chi connectivity index (χ4v) is 3.94. The van der Waals surface area contributed by atoms with Crippen LogP contribution in [-0.2, 0) is 6.42 Å². The van der Waals surface area contributed by atoms with Crippen molar-refractivity contribution < 1.29 is 5.11 Å². The van der Waals surface area contributed by atoms with Crippen molar-refractivity contribution >= 4 is 22.3 Å². The molecule has 2 N–H and O–H groups in total. The van der Waals surface area contributed by atoms with Crippen LogP contribution in [0, 0.1) is 0 Å². The number of guanidine groups is 1. The lowest BCUT2D eigenvalue weighted by molar-refractivity contribution is 0.183. The first kappa shape index (κ1) is 18.7. The van der Waals surface area contributed by atoms with Crippen LogP contribution in [0.3, 0.4) is 0 Å². The molecule has 0 saturated carbocycles. The fourth-order valence-electron chi connectivity index (χ4n) is 3.16. The summed E-state index contributed by atoms with van der Waals surface area (Å²) >= 11 is 1.79. The van der Waals surface area contributed by atoms with Crippen molar-refractivity contribution in [2.45, 2.75) is 19.4 Å². The lowest BCUT2D eigenvalue weighted by atomic mass is 10.1. The summed E-state index contributed by atoms with van der Waals surface area (Å²) in [6.45, 7) is 7.21. The summed E-state index contributed by atoms with van der Waals surface area (Å²) in [7, 11) is 0. The number of rotatable bonds is 6. The lowest BCUT2D eigenvalue weighted by Gasteiger charge is -2.37. The van der Waals surface area contributed by atoms with E-state index in [4.69, 9.17) is 0 Å². The molecule has 2 heterocycles. The molecule has 1 aromatic heterocycles. The molecule has 0 amide bonds. The van der Waals surface area contributed by atoms with Gasteiger partial charge in [0.1, 0.15) is 0 Å². The molecule has 3 rings (SSSR count). The van der Waals surface area contributed by atoms with Crippen LogP contribution in [0.5, 0.6) is 0 Å². The monoisotopic (exact) mass is 372 g/mol. The van der Waals surface area contributed by atoms with Gasteiger partial charge in [0.15, 0.2) is 5.96 Å². The number of hydrogen-bond donors (Lipinski definition) is 2. The molecule has 1 aromatic carbocycles. The molecule has 0 bridgehead atoms. The highest BCUT2D eigenvalue weighted by Gasteiger charge is 2.20. The summed E-state index contributed by atoms with van der Waals surface area (Å²) in [5.74, 6) is 0.908. The second kappa shape index (κ2) is 9.59. The molecule has 1 atom stereocenters. The molecule has 1 saturated heterocycles. The molecule has 0 spiro atoms. The van der Waals surface area contributed by atoms with Gasteiger partial charge in [0.25, 0.3) is 0 Å². The molecular formula is C20H28N4OS. The van der Waals surface area contributed by atoms with E-state index >= 15 is 0 Å². The summed E-state index contributed by atoms with van der Waals surface area (Å²) in [5.41, 5.74) is 1.14. The van der Waals surface area contributed by atoms with Gasteiger partial charge in [0.2, 0.25) is 0 Å². The maximum absolute atomic E-state index is 10.3. The predicted molar refractivity (Wildman–Crippen MR) is 110 cm³/mol. The number of piperazine rings is 1. The van der Waals surface area contributed by atoms with E-state index < -0.39 is 6.10 Å². The zero-order valence-corrected chi connectivity index (χ0v) is 16.2. The highest BCUT2D eigenvalue weighted by atomic mass is 32.1. The molecule has 1 unspecified atom stereocenters. The molecule has 0 aliphatic carbocycles. The van der Waals surface area contributed by atoms with Gasteiger partial charge in [-0.05, 0) is 30.0 Å². The van der Waals surface area contributed by atoms with E-state index in [0.29, 0.717) is 13.0 Å². The molecule has 1 aliphatic heterocycles. The van der Waals surface area contributed by atoms with Crippen LogP contribution < -0.4 is 10.2 Å². The first-order valence-corrected chi connectivity index (χ1v) is 10.2. The van der Waals surface area contributed by atoms with Crippen molar-refractivity contribution in [1.29, 1.82) is 0 Å². The van der Waals surface area contributed by atoms with Crippen molar-refractivity contribution in [3.05, 3.63) is 53.4 Å². The summed E-state index contributed by atoms with van der Waals surface area (Å²) in [5, 5.41) is 17.2. The standard InChI is InChI=1S/C20H28N4OS/c1-2-21-20(22-16-18(25)15-17-7-4-3-5-8-17)24-12-10-23(11-13-24)19-9-6-14-26-19/h3-9,14,18,25H,2,10-13,15-16H2,1H3,(H,21,22). The van der Waals surface area contributed by atoms with Gasteiger partial charge in [0.05, 0.1) is 17.6 Å². The molecule has 5 nitrogen and oxygen atoms in total. The quantitative estimate of drug-likeness (QED) is 0.604.